The van der Waals surface area contributed by atoms with Crippen molar-refractivity contribution in [2.24, 2.45) is 0 Å². The molecule has 3 aromatic rings. The van der Waals surface area contributed by atoms with Crippen molar-refractivity contribution in [3.8, 4) is 0 Å². The topological polar surface area (TPSA) is 96.4 Å². The van der Waals surface area contributed by atoms with Gasteiger partial charge in [-0.1, -0.05) is 53.8 Å². The van der Waals surface area contributed by atoms with Gasteiger partial charge in [0.1, 0.15) is 0 Å². The first-order chi connectivity index (χ1) is 12.9. The maximum Gasteiger partial charge on any atom is 0.204 e. The van der Waals surface area contributed by atoms with Gasteiger partial charge in [-0.15, -0.1) is 0 Å². The molecule has 1 heterocycles. The Balaban J connectivity index is 1.80. The second-order valence-electron chi connectivity index (χ2n) is 5.95. The number of nitrogens with zero attached hydrogens (tertiary/aromatic N) is 1. The van der Waals surface area contributed by atoms with Gasteiger partial charge < -0.3 is 10.4 Å². The molecule has 0 aliphatic rings. The van der Waals surface area contributed by atoms with E-state index in [-0.39, 0.29) is 28.9 Å². The Kier molecular flexibility index (Phi) is 5.69. The Morgan fingerprint density at radius 2 is 1.93 bits per heavy atom. The summed E-state index contributed by atoms with van der Waals surface area (Å²) in [6.45, 7) is -0.122. The van der Waals surface area contributed by atoms with Crippen LogP contribution in [-0.2, 0) is 9.84 Å². The van der Waals surface area contributed by atoms with Crippen molar-refractivity contribution in [3.05, 3.63) is 76.8 Å². The number of thiazole rings is 1. The normalized spacial score (nSPS) is 12.5. The van der Waals surface area contributed by atoms with Crippen LogP contribution in [0.3, 0.4) is 0 Å². The van der Waals surface area contributed by atoms with Gasteiger partial charge in [-0.05, 0) is 17.7 Å². The lowest BCUT2D eigenvalue weighted by molar-refractivity contribution is 0.104. The van der Waals surface area contributed by atoms with Crippen LogP contribution in [-0.4, -0.2) is 37.2 Å². The van der Waals surface area contributed by atoms with Gasteiger partial charge in [-0.2, -0.15) is 0 Å². The molecule has 0 bridgehead atoms. The first-order valence-electron chi connectivity index (χ1n) is 8.11. The number of carbonyl (C=O) groups is 1. The van der Waals surface area contributed by atoms with Gasteiger partial charge in [0, 0.05) is 11.8 Å². The third-order valence-corrected chi connectivity index (χ3v) is 5.97. The number of rotatable bonds is 7. The van der Waals surface area contributed by atoms with Crippen molar-refractivity contribution < 1.29 is 18.3 Å². The van der Waals surface area contributed by atoms with E-state index in [2.05, 4.69) is 10.3 Å². The van der Waals surface area contributed by atoms with E-state index in [0.717, 1.165) is 23.2 Å². The highest BCUT2D eigenvalue weighted by atomic mass is 32.2. The standard InChI is InChI=1S/C19H18N2O4S2/c1-27(24,25)15-9-5-8-14(10-15)18(23)17-11-20-19(26-17)21-16(12-22)13-6-3-2-4-7-13/h2-11,16,22H,12H2,1H3,(H,20,21)/t16-/m0/s1. The quantitative estimate of drug-likeness (QED) is 0.590. The predicted octanol–water partition coefficient (Wildman–Crippen LogP) is 2.92. The molecule has 140 valence electrons. The zero-order valence-corrected chi connectivity index (χ0v) is 16.1. The molecule has 0 aliphatic carbocycles. The van der Waals surface area contributed by atoms with Crippen LogP contribution < -0.4 is 5.32 Å². The zero-order valence-electron chi connectivity index (χ0n) is 14.5. The first kappa shape index (κ1) is 19.2. The number of aliphatic hydroxyl groups excluding tert-OH is 1. The van der Waals surface area contributed by atoms with E-state index in [9.17, 15) is 18.3 Å². The largest absolute Gasteiger partial charge is 0.394 e. The third-order valence-electron chi connectivity index (χ3n) is 3.94. The van der Waals surface area contributed by atoms with E-state index in [0.29, 0.717) is 10.0 Å². The Labute approximate surface area is 161 Å². The summed E-state index contributed by atoms with van der Waals surface area (Å²) in [5.74, 6) is -0.300. The second-order valence-corrected chi connectivity index (χ2v) is 9.00. The minimum atomic E-state index is -3.39. The average molecular weight is 402 g/mol. The number of hydrogen-bond acceptors (Lipinski definition) is 7. The van der Waals surface area contributed by atoms with Crippen molar-refractivity contribution in [1.82, 2.24) is 4.98 Å². The molecule has 3 rings (SSSR count). The SMILES string of the molecule is CS(=O)(=O)c1cccc(C(=O)c2cnc(N[C@@H](CO)c3ccccc3)s2)c1. The molecular formula is C19H18N2O4S2. The van der Waals surface area contributed by atoms with Gasteiger partial charge in [0.25, 0.3) is 0 Å². The number of carbonyl (C=O) groups excluding carboxylic acids is 1. The molecule has 8 heteroatoms. The minimum Gasteiger partial charge on any atom is -0.394 e. The summed E-state index contributed by atoms with van der Waals surface area (Å²) in [5, 5.41) is 13.2. The van der Waals surface area contributed by atoms with Crippen molar-refractivity contribution in [3.63, 3.8) is 0 Å². The van der Waals surface area contributed by atoms with Crippen LogP contribution in [0.25, 0.3) is 0 Å². The molecule has 0 radical (unpaired) electrons. The van der Waals surface area contributed by atoms with Gasteiger partial charge >= 0.3 is 0 Å². The fourth-order valence-electron chi connectivity index (χ4n) is 2.52. The van der Waals surface area contributed by atoms with Gasteiger partial charge in [0.15, 0.2) is 15.0 Å². The van der Waals surface area contributed by atoms with Gasteiger partial charge in [-0.25, -0.2) is 13.4 Å². The molecule has 0 fully saturated rings. The highest BCUT2D eigenvalue weighted by molar-refractivity contribution is 7.90. The van der Waals surface area contributed by atoms with Crippen LogP contribution >= 0.6 is 11.3 Å². The van der Waals surface area contributed by atoms with Crippen LogP contribution in [0.4, 0.5) is 5.13 Å². The smallest absolute Gasteiger partial charge is 0.204 e. The van der Waals surface area contributed by atoms with Crippen LogP contribution in [0.5, 0.6) is 0 Å². The number of anilines is 1. The Bertz CT molecular complexity index is 1050. The average Bonchev–Trinajstić information content (AvgIpc) is 3.14. The van der Waals surface area contributed by atoms with E-state index >= 15 is 0 Å². The molecule has 0 saturated carbocycles. The number of ketones is 1. The minimum absolute atomic E-state index is 0.0978. The molecule has 0 spiro atoms. The van der Waals surface area contributed by atoms with Crippen LogP contribution in [0.15, 0.2) is 65.7 Å². The number of aliphatic hydroxyl groups is 1. The highest BCUT2D eigenvalue weighted by Gasteiger charge is 2.17. The monoisotopic (exact) mass is 402 g/mol. The lowest BCUT2D eigenvalue weighted by atomic mass is 10.1. The van der Waals surface area contributed by atoms with Crippen LogP contribution in [0, 0.1) is 0 Å². The van der Waals surface area contributed by atoms with Crippen molar-refractivity contribution in [1.29, 1.82) is 0 Å². The molecule has 1 aromatic heterocycles. The van der Waals surface area contributed by atoms with Crippen molar-refractivity contribution in [2.45, 2.75) is 10.9 Å². The van der Waals surface area contributed by atoms with Gasteiger partial charge in [0.05, 0.1) is 28.6 Å². The molecule has 2 aromatic carbocycles. The molecule has 2 N–H and O–H groups in total. The van der Waals surface area contributed by atoms with Crippen molar-refractivity contribution >= 4 is 32.1 Å². The summed E-state index contributed by atoms with van der Waals surface area (Å²) >= 11 is 1.16. The van der Waals surface area contributed by atoms with E-state index in [1.54, 1.807) is 12.1 Å². The highest BCUT2D eigenvalue weighted by Crippen LogP contribution is 2.26. The summed E-state index contributed by atoms with van der Waals surface area (Å²) in [6.07, 6.45) is 2.55. The predicted molar refractivity (Wildman–Crippen MR) is 105 cm³/mol. The van der Waals surface area contributed by atoms with E-state index in [4.69, 9.17) is 0 Å². The number of hydrogen-bond donors (Lipinski definition) is 2. The number of aromatic nitrogens is 1. The Morgan fingerprint density at radius 3 is 2.59 bits per heavy atom. The Hall–Kier alpha value is -2.55. The fourth-order valence-corrected chi connectivity index (χ4v) is 4.02. The van der Waals surface area contributed by atoms with Gasteiger partial charge in [-0.3, -0.25) is 4.79 Å². The lowest BCUT2D eigenvalue weighted by Gasteiger charge is -2.15. The third kappa shape index (κ3) is 4.60. The molecule has 0 saturated heterocycles. The number of sulfone groups is 1. The molecule has 0 aliphatic heterocycles. The molecule has 27 heavy (non-hydrogen) atoms. The molecule has 0 amide bonds. The van der Waals surface area contributed by atoms with Crippen molar-refractivity contribution in [2.75, 3.05) is 18.2 Å². The molecule has 0 unspecified atom stereocenters. The number of nitrogens with one attached hydrogen (secondary N) is 1. The van der Waals surface area contributed by atoms with Gasteiger partial charge in [0.2, 0.25) is 5.78 Å². The maximum atomic E-state index is 12.7. The summed E-state index contributed by atoms with van der Waals surface area (Å²) < 4.78 is 23.4. The summed E-state index contributed by atoms with van der Waals surface area (Å²) in [6, 6.07) is 15.0. The molecule has 6 nitrogen and oxygen atoms in total. The summed E-state index contributed by atoms with van der Waals surface area (Å²) in [4.78, 5) is 17.3. The van der Waals surface area contributed by atoms with E-state index in [1.165, 1.54) is 18.3 Å². The Morgan fingerprint density at radius 1 is 1.19 bits per heavy atom. The maximum absolute atomic E-state index is 12.7. The molecular weight excluding hydrogens is 384 g/mol. The first-order valence-corrected chi connectivity index (χ1v) is 10.8. The summed E-state index contributed by atoms with van der Waals surface area (Å²) in [5.41, 5.74) is 1.19. The van der Waals surface area contributed by atoms with Crippen LogP contribution in [0.2, 0.25) is 0 Å². The summed E-state index contributed by atoms with van der Waals surface area (Å²) in [7, 11) is -3.39. The zero-order chi connectivity index (χ0) is 19.4. The molecule has 1 atom stereocenters. The lowest BCUT2D eigenvalue weighted by Crippen LogP contribution is -2.14. The number of benzene rings is 2. The fraction of sp³-hybridized carbons (Fsp3) is 0.158. The van der Waals surface area contributed by atoms with Crippen LogP contribution in [0.1, 0.15) is 26.8 Å². The van der Waals surface area contributed by atoms with E-state index < -0.39 is 9.84 Å². The second kappa shape index (κ2) is 7.99. The van der Waals surface area contributed by atoms with E-state index in [1.807, 2.05) is 30.3 Å².